The molecule has 0 spiro atoms. The first-order valence-corrected chi connectivity index (χ1v) is 7.09. The number of benzene rings is 1. The summed E-state index contributed by atoms with van der Waals surface area (Å²) in [4.78, 5) is 12.9. The normalized spacial score (nSPS) is 10.3. The summed E-state index contributed by atoms with van der Waals surface area (Å²) in [6.45, 7) is 2.81. The highest BCUT2D eigenvalue weighted by molar-refractivity contribution is 7.12. The van der Waals surface area contributed by atoms with Crippen molar-refractivity contribution in [3.8, 4) is 5.75 Å². The average Bonchev–Trinajstić information content (AvgIpc) is 2.92. The van der Waals surface area contributed by atoms with Crippen molar-refractivity contribution in [2.24, 2.45) is 0 Å². The monoisotopic (exact) mass is 292 g/mol. The minimum absolute atomic E-state index is 0.0248. The van der Waals surface area contributed by atoms with Crippen molar-refractivity contribution in [3.05, 3.63) is 50.2 Å². The van der Waals surface area contributed by atoms with Crippen LogP contribution >= 0.6 is 11.3 Å². The fourth-order valence-corrected chi connectivity index (χ4v) is 2.73. The predicted molar refractivity (Wildman–Crippen MR) is 80.7 cm³/mol. The van der Waals surface area contributed by atoms with Gasteiger partial charge in [-0.05, 0) is 24.6 Å². The summed E-state index contributed by atoms with van der Waals surface area (Å²) < 4.78 is 5.19. The van der Waals surface area contributed by atoms with Crippen LogP contribution in [0.1, 0.15) is 16.7 Å². The Balaban J connectivity index is 2.10. The van der Waals surface area contributed by atoms with E-state index < -0.39 is 4.92 Å². The Bertz CT molecular complexity index is 610. The van der Waals surface area contributed by atoms with Gasteiger partial charge in [0.25, 0.3) is 5.69 Å². The lowest BCUT2D eigenvalue weighted by atomic mass is 10.2. The molecule has 0 aliphatic heterocycles. The molecule has 0 saturated heterocycles. The number of hydrogen-bond donors (Lipinski definition) is 1. The quantitative estimate of drug-likeness (QED) is 0.649. The summed E-state index contributed by atoms with van der Waals surface area (Å²) in [6, 6.07) is 8.78. The average molecular weight is 292 g/mol. The maximum absolute atomic E-state index is 10.7. The summed E-state index contributed by atoms with van der Waals surface area (Å²) >= 11 is 1.76. The Morgan fingerprint density at radius 2 is 2.05 bits per heavy atom. The SMILES string of the molecule is CCc1ccc(CNc2ccc([N+](=O)[O-])cc2OC)s1. The number of anilines is 1. The fraction of sp³-hybridized carbons (Fsp3) is 0.286. The van der Waals surface area contributed by atoms with E-state index in [-0.39, 0.29) is 5.69 Å². The Labute approximate surface area is 121 Å². The molecular weight excluding hydrogens is 276 g/mol. The number of rotatable bonds is 6. The van der Waals surface area contributed by atoms with Gasteiger partial charge in [0.1, 0.15) is 5.75 Å². The zero-order valence-corrected chi connectivity index (χ0v) is 12.2. The second-order valence-corrected chi connectivity index (χ2v) is 5.47. The topological polar surface area (TPSA) is 64.4 Å². The smallest absolute Gasteiger partial charge is 0.273 e. The zero-order valence-electron chi connectivity index (χ0n) is 11.4. The fourth-order valence-electron chi connectivity index (χ4n) is 1.83. The van der Waals surface area contributed by atoms with Crippen LogP contribution in [0.2, 0.25) is 0 Å². The Hall–Kier alpha value is -2.08. The Morgan fingerprint density at radius 1 is 1.30 bits per heavy atom. The van der Waals surface area contributed by atoms with Gasteiger partial charge in [0.05, 0.1) is 23.8 Å². The van der Waals surface area contributed by atoms with E-state index in [1.165, 1.54) is 29.0 Å². The highest BCUT2D eigenvalue weighted by Gasteiger charge is 2.11. The number of nitrogens with one attached hydrogen (secondary N) is 1. The molecule has 0 radical (unpaired) electrons. The molecule has 106 valence electrons. The maximum atomic E-state index is 10.7. The highest BCUT2D eigenvalue weighted by atomic mass is 32.1. The third kappa shape index (κ3) is 3.27. The van der Waals surface area contributed by atoms with E-state index in [1.807, 2.05) is 0 Å². The van der Waals surface area contributed by atoms with Crippen LogP contribution in [-0.4, -0.2) is 12.0 Å². The molecule has 0 aliphatic carbocycles. The van der Waals surface area contributed by atoms with Gasteiger partial charge in [-0.3, -0.25) is 10.1 Å². The van der Waals surface area contributed by atoms with Gasteiger partial charge in [-0.1, -0.05) is 6.92 Å². The maximum Gasteiger partial charge on any atom is 0.273 e. The summed E-state index contributed by atoms with van der Waals surface area (Å²) in [7, 11) is 1.50. The van der Waals surface area contributed by atoms with Crippen LogP contribution in [0.4, 0.5) is 11.4 Å². The van der Waals surface area contributed by atoms with Crippen molar-refractivity contribution >= 4 is 22.7 Å². The van der Waals surface area contributed by atoms with E-state index in [0.717, 1.165) is 12.1 Å². The lowest BCUT2D eigenvalue weighted by Crippen LogP contribution is -2.00. The van der Waals surface area contributed by atoms with Crippen molar-refractivity contribution in [3.63, 3.8) is 0 Å². The number of hydrogen-bond acceptors (Lipinski definition) is 5. The Morgan fingerprint density at radius 3 is 2.65 bits per heavy atom. The number of aryl methyl sites for hydroxylation is 1. The molecule has 2 aromatic rings. The van der Waals surface area contributed by atoms with E-state index in [9.17, 15) is 10.1 Å². The molecule has 1 N–H and O–H groups in total. The zero-order chi connectivity index (χ0) is 14.5. The largest absolute Gasteiger partial charge is 0.494 e. The number of ether oxygens (including phenoxy) is 1. The van der Waals surface area contributed by atoms with Gasteiger partial charge < -0.3 is 10.1 Å². The number of non-ortho nitro benzene ring substituents is 1. The third-order valence-electron chi connectivity index (χ3n) is 2.91. The molecule has 0 aliphatic rings. The molecular formula is C14H16N2O3S. The minimum Gasteiger partial charge on any atom is -0.494 e. The van der Waals surface area contributed by atoms with Gasteiger partial charge in [-0.15, -0.1) is 11.3 Å². The predicted octanol–water partition coefficient (Wildman–Crippen LogP) is 3.84. The lowest BCUT2D eigenvalue weighted by Gasteiger charge is -2.10. The van der Waals surface area contributed by atoms with Gasteiger partial charge in [0.15, 0.2) is 0 Å². The number of methoxy groups -OCH3 is 1. The van der Waals surface area contributed by atoms with E-state index in [1.54, 1.807) is 17.4 Å². The number of thiophene rings is 1. The summed E-state index contributed by atoms with van der Waals surface area (Å²) in [6.07, 6.45) is 1.03. The van der Waals surface area contributed by atoms with E-state index in [2.05, 4.69) is 24.4 Å². The molecule has 1 aromatic carbocycles. The van der Waals surface area contributed by atoms with Gasteiger partial charge in [0.2, 0.25) is 0 Å². The van der Waals surface area contributed by atoms with Gasteiger partial charge in [-0.25, -0.2) is 0 Å². The van der Waals surface area contributed by atoms with Crippen molar-refractivity contribution in [2.45, 2.75) is 19.9 Å². The molecule has 1 aromatic heterocycles. The summed E-state index contributed by atoms with van der Waals surface area (Å²) in [5, 5.41) is 14.0. The van der Waals surface area contributed by atoms with Crippen LogP contribution in [0.25, 0.3) is 0 Å². The summed E-state index contributed by atoms with van der Waals surface area (Å²) in [5.74, 6) is 0.478. The third-order valence-corrected chi connectivity index (χ3v) is 4.14. The number of nitro benzene ring substituents is 1. The van der Waals surface area contributed by atoms with Crippen LogP contribution < -0.4 is 10.1 Å². The Kier molecular flexibility index (Phi) is 4.57. The van der Waals surface area contributed by atoms with Gasteiger partial charge in [-0.2, -0.15) is 0 Å². The lowest BCUT2D eigenvalue weighted by molar-refractivity contribution is -0.384. The molecule has 0 fully saturated rings. The van der Waals surface area contributed by atoms with Crippen molar-refractivity contribution < 1.29 is 9.66 Å². The highest BCUT2D eigenvalue weighted by Crippen LogP contribution is 2.29. The number of nitrogens with zero attached hydrogens (tertiary/aromatic N) is 1. The second-order valence-electron chi connectivity index (χ2n) is 4.22. The van der Waals surface area contributed by atoms with Crippen molar-refractivity contribution in [2.75, 3.05) is 12.4 Å². The van der Waals surface area contributed by atoms with Crippen molar-refractivity contribution in [1.29, 1.82) is 0 Å². The molecule has 2 rings (SSSR count). The molecule has 0 bridgehead atoms. The standard InChI is InChI=1S/C14H16N2O3S/c1-3-11-5-6-12(20-11)9-15-13-7-4-10(16(17)18)8-14(13)19-2/h4-8,15H,3,9H2,1-2H3. The van der Waals surface area contributed by atoms with Crippen LogP contribution in [0, 0.1) is 10.1 Å². The van der Waals surface area contributed by atoms with Crippen LogP contribution in [-0.2, 0) is 13.0 Å². The molecule has 0 unspecified atom stereocenters. The van der Waals surface area contributed by atoms with E-state index >= 15 is 0 Å². The van der Waals surface area contributed by atoms with Crippen LogP contribution in [0.3, 0.4) is 0 Å². The first-order valence-electron chi connectivity index (χ1n) is 6.28. The molecule has 1 heterocycles. The van der Waals surface area contributed by atoms with Gasteiger partial charge in [0, 0.05) is 22.4 Å². The molecule has 6 heteroatoms. The first kappa shape index (κ1) is 14.3. The molecule has 0 saturated carbocycles. The molecule has 0 amide bonds. The van der Waals surface area contributed by atoms with E-state index in [4.69, 9.17) is 4.74 Å². The second kappa shape index (κ2) is 6.38. The molecule has 5 nitrogen and oxygen atoms in total. The number of nitro groups is 1. The minimum atomic E-state index is -0.431. The van der Waals surface area contributed by atoms with Crippen LogP contribution in [0.5, 0.6) is 5.75 Å². The summed E-state index contributed by atoms with van der Waals surface area (Å²) in [5.41, 5.74) is 0.779. The molecule has 20 heavy (non-hydrogen) atoms. The molecule has 0 atom stereocenters. The van der Waals surface area contributed by atoms with Crippen molar-refractivity contribution in [1.82, 2.24) is 0 Å². The van der Waals surface area contributed by atoms with Gasteiger partial charge >= 0.3 is 0 Å². The van der Waals surface area contributed by atoms with E-state index in [0.29, 0.717) is 12.3 Å². The van der Waals surface area contributed by atoms with Crippen LogP contribution in [0.15, 0.2) is 30.3 Å². The first-order chi connectivity index (χ1) is 9.63.